The molecule has 1 N–H and O–H groups in total. The van der Waals surface area contributed by atoms with E-state index in [1.54, 1.807) is 7.11 Å². The fraction of sp³-hybridized carbons (Fsp3) is 1.00. The number of ether oxygens (including phenoxy) is 1. The molecule has 2 unspecified atom stereocenters. The van der Waals surface area contributed by atoms with Gasteiger partial charge in [-0.3, -0.25) is 0 Å². The molecule has 2 heteroatoms. The number of hydrogen-bond acceptors (Lipinski definition) is 2. The third-order valence-electron chi connectivity index (χ3n) is 3.74. The Morgan fingerprint density at radius 1 is 1.19 bits per heavy atom. The molecule has 2 atom stereocenters. The van der Waals surface area contributed by atoms with Crippen LogP contribution in [0.5, 0.6) is 0 Å². The highest BCUT2D eigenvalue weighted by atomic mass is 16.5. The second-order valence-corrected chi connectivity index (χ2v) is 5.09. The lowest BCUT2D eigenvalue weighted by Gasteiger charge is -2.26. The maximum absolute atomic E-state index is 5.16. The van der Waals surface area contributed by atoms with Crippen molar-refractivity contribution >= 4 is 0 Å². The molecule has 0 heterocycles. The molecule has 0 aromatic carbocycles. The van der Waals surface area contributed by atoms with Crippen LogP contribution < -0.4 is 5.32 Å². The van der Waals surface area contributed by atoms with Crippen LogP contribution in [-0.4, -0.2) is 26.3 Å². The van der Waals surface area contributed by atoms with E-state index in [0.717, 1.165) is 18.6 Å². The van der Waals surface area contributed by atoms with Gasteiger partial charge in [0.25, 0.3) is 0 Å². The van der Waals surface area contributed by atoms with E-state index < -0.39 is 0 Å². The molecule has 0 amide bonds. The molecule has 0 saturated heterocycles. The molecule has 1 saturated carbocycles. The summed E-state index contributed by atoms with van der Waals surface area (Å²) in [6.45, 7) is 4.37. The van der Waals surface area contributed by atoms with Crippen molar-refractivity contribution in [3.63, 3.8) is 0 Å². The molecule has 96 valence electrons. The van der Waals surface area contributed by atoms with Gasteiger partial charge in [0.05, 0.1) is 0 Å². The third-order valence-corrected chi connectivity index (χ3v) is 3.74. The summed E-state index contributed by atoms with van der Waals surface area (Å²) in [7, 11) is 1.81. The zero-order valence-electron chi connectivity index (χ0n) is 11.1. The van der Waals surface area contributed by atoms with Crippen LogP contribution in [0.2, 0.25) is 0 Å². The van der Waals surface area contributed by atoms with E-state index in [1.165, 1.54) is 57.9 Å². The van der Waals surface area contributed by atoms with Gasteiger partial charge in [-0.25, -0.2) is 0 Å². The van der Waals surface area contributed by atoms with Crippen molar-refractivity contribution in [2.24, 2.45) is 5.92 Å². The van der Waals surface area contributed by atoms with Crippen LogP contribution in [0, 0.1) is 5.92 Å². The van der Waals surface area contributed by atoms with Gasteiger partial charge >= 0.3 is 0 Å². The van der Waals surface area contributed by atoms with Crippen molar-refractivity contribution < 1.29 is 4.74 Å². The van der Waals surface area contributed by atoms with Crippen molar-refractivity contribution in [3.8, 4) is 0 Å². The second kappa shape index (κ2) is 9.00. The zero-order chi connectivity index (χ0) is 11.6. The fourth-order valence-corrected chi connectivity index (χ4v) is 2.82. The molecule has 1 aliphatic carbocycles. The van der Waals surface area contributed by atoms with Crippen molar-refractivity contribution in [1.82, 2.24) is 5.32 Å². The smallest absolute Gasteiger partial charge is 0.0462 e. The number of rotatable bonds is 7. The van der Waals surface area contributed by atoms with E-state index in [0.29, 0.717) is 0 Å². The fourth-order valence-electron chi connectivity index (χ4n) is 2.82. The molecule has 1 rings (SSSR count). The molecule has 0 spiro atoms. The topological polar surface area (TPSA) is 21.3 Å². The van der Waals surface area contributed by atoms with Crippen LogP contribution in [-0.2, 0) is 4.74 Å². The predicted molar refractivity (Wildman–Crippen MR) is 69.8 cm³/mol. The summed E-state index contributed by atoms with van der Waals surface area (Å²) in [5, 5.41) is 3.75. The lowest BCUT2D eigenvalue weighted by Crippen LogP contribution is -2.36. The Balaban J connectivity index is 2.32. The highest BCUT2D eigenvalue weighted by Gasteiger charge is 2.22. The minimum Gasteiger partial charge on any atom is -0.385 e. The first-order valence-corrected chi connectivity index (χ1v) is 7.10. The SMILES string of the molecule is CCCNC1CCCCCC1CCCOC. The van der Waals surface area contributed by atoms with Crippen LogP contribution in [0.15, 0.2) is 0 Å². The molecular weight excluding hydrogens is 198 g/mol. The number of nitrogens with one attached hydrogen (secondary N) is 1. The van der Waals surface area contributed by atoms with Gasteiger partial charge in [0, 0.05) is 19.8 Å². The average molecular weight is 227 g/mol. The normalized spacial score (nSPS) is 26.6. The molecule has 2 nitrogen and oxygen atoms in total. The third kappa shape index (κ3) is 5.31. The summed E-state index contributed by atoms with van der Waals surface area (Å²) >= 11 is 0. The Labute approximate surface area is 101 Å². The lowest BCUT2D eigenvalue weighted by atomic mass is 9.90. The van der Waals surface area contributed by atoms with Crippen LogP contribution >= 0.6 is 0 Å². The first kappa shape index (κ1) is 14.0. The lowest BCUT2D eigenvalue weighted by molar-refractivity contribution is 0.180. The minimum atomic E-state index is 0.777. The largest absolute Gasteiger partial charge is 0.385 e. The maximum atomic E-state index is 5.16. The first-order valence-electron chi connectivity index (χ1n) is 7.10. The van der Waals surface area contributed by atoms with Crippen molar-refractivity contribution in [2.45, 2.75) is 64.3 Å². The standard InChI is InChI=1S/C14H29NO/c1-3-11-15-14-10-6-4-5-8-13(14)9-7-12-16-2/h13-15H,3-12H2,1-2H3. The maximum Gasteiger partial charge on any atom is 0.0462 e. The summed E-state index contributed by atoms with van der Waals surface area (Å²) in [5.74, 6) is 0.893. The molecule has 16 heavy (non-hydrogen) atoms. The average Bonchev–Trinajstić information content (AvgIpc) is 2.52. The van der Waals surface area contributed by atoms with E-state index in [1.807, 2.05) is 0 Å². The molecule has 0 aromatic rings. The van der Waals surface area contributed by atoms with E-state index in [9.17, 15) is 0 Å². The molecule has 0 radical (unpaired) electrons. The van der Waals surface area contributed by atoms with E-state index in [2.05, 4.69) is 12.2 Å². The summed E-state index contributed by atoms with van der Waals surface area (Å²) in [6.07, 6.45) is 10.9. The van der Waals surface area contributed by atoms with Gasteiger partial charge in [-0.2, -0.15) is 0 Å². The molecule has 0 aromatic heterocycles. The van der Waals surface area contributed by atoms with Crippen molar-refractivity contribution in [3.05, 3.63) is 0 Å². The monoisotopic (exact) mass is 227 g/mol. The quantitative estimate of drug-likeness (QED) is 0.532. The Kier molecular flexibility index (Phi) is 7.87. The Hall–Kier alpha value is -0.0800. The zero-order valence-corrected chi connectivity index (χ0v) is 11.1. The molecular formula is C14H29NO. The predicted octanol–water partition coefficient (Wildman–Crippen LogP) is 3.36. The van der Waals surface area contributed by atoms with Crippen LogP contribution in [0.4, 0.5) is 0 Å². The highest BCUT2D eigenvalue weighted by Crippen LogP contribution is 2.27. The van der Waals surface area contributed by atoms with Crippen LogP contribution in [0.25, 0.3) is 0 Å². The Bertz CT molecular complexity index is 161. The van der Waals surface area contributed by atoms with Gasteiger partial charge in [-0.1, -0.05) is 26.2 Å². The van der Waals surface area contributed by atoms with Gasteiger partial charge < -0.3 is 10.1 Å². The Morgan fingerprint density at radius 2 is 2.00 bits per heavy atom. The van der Waals surface area contributed by atoms with Crippen molar-refractivity contribution in [1.29, 1.82) is 0 Å². The summed E-state index contributed by atoms with van der Waals surface area (Å²) < 4.78 is 5.16. The van der Waals surface area contributed by atoms with E-state index in [4.69, 9.17) is 4.74 Å². The Morgan fingerprint density at radius 3 is 2.75 bits per heavy atom. The van der Waals surface area contributed by atoms with Gasteiger partial charge in [0.15, 0.2) is 0 Å². The van der Waals surface area contributed by atoms with Gasteiger partial charge in [-0.15, -0.1) is 0 Å². The van der Waals surface area contributed by atoms with Crippen LogP contribution in [0.3, 0.4) is 0 Å². The first-order chi connectivity index (χ1) is 7.88. The summed E-state index contributed by atoms with van der Waals surface area (Å²) in [4.78, 5) is 0. The summed E-state index contributed by atoms with van der Waals surface area (Å²) in [5.41, 5.74) is 0. The van der Waals surface area contributed by atoms with E-state index in [-0.39, 0.29) is 0 Å². The highest BCUT2D eigenvalue weighted by molar-refractivity contribution is 4.79. The number of hydrogen-bond donors (Lipinski definition) is 1. The van der Waals surface area contributed by atoms with Gasteiger partial charge in [0.2, 0.25) is 0 Å². The van der Waals surface area contributed by atoms with Gasteiger partial charge in [-0.05, 0) is 44.6 Å². The minimum absolute atomic E-state index is 0.777. The van der Waals surface area contributed by atoms with Crippen LogP contribution in [0.1, 0.15) is 58.3 Å². The van der Waals surface area contributed by atoms with Crippen molar-refractivity contribution in [2.75, 3.05) is 20.3 Å². The molecule has 1 aliphatic rings. The second-order valence-electron chi connectivity index (χ2n) is 5.09. The molecule has 1 fully saturated rings. The van der Waals surface area contributed by atoms with E-state index >= 15 is 0 Å². The molecule has 0 aliphatic heterocycles. The molecule has 0 bridgehead atoms. The summed E-state index contributed by atoms with van der Waals surface area (Å²) in [6, 6.07) is 0.777. The number of methoxy groups -OCH3 is 1. The van der Waals surface area contributed by atoms with Gasteiger partial charge in [0.1, 0.15) is 0 Å².